The Bertz CT molecular complexity index is 373. The topological polar surface area (TPSA) is 38.2 Å². The van der Waals surface area contributed by atoms with Gasteiger partial charge in [0.1, 0.15) is 6.10 Å². The number of hydrogen-bond donors (Lipinski definition) is 0. The van der Waals surface area contributed by atoms with E-state index >= 15 is 0 Å². The first-order valence-electron chi connectivity index (χ1n) is 5.18. The Morgan fingerprint density at radius 3 is 2.59 bits per heavy atom. The highest BCUT2D eigenvalue weighted by molar-refractivity contribution is 5.11. The largest absolute Gasteiger partial charge is 0.471 e. The van der Waals surface area contributed by atoms with E-state index in [0.717, 1.165) is 5.69 Å². The lowest BCUT2D eigenvalue weighted by molar-refractivity contribution is -0.162. The Kier molecular flexibility index (Phi) is 3.19. The zero-order chi connectivity index (χ0) is 12.5. The van der Waals surface area contributed by atoms with Gasteiger partial charge < -0.3 is 4.74 Å². The molecular weight excluding hydrogens is 235 g/mol. The van der Waals surface area contributed by atoms with Gasteiger partial charge in [0.05, 0.1) is 12.2 Å². The summed E-state index contributed by atoms with van der Waals surface area (Å²) >= 11 is 0. The van der Waals surface area contributed by atoms with Gasteiger partial charge >= 0.3 is 6.18 Å². The van der Waals surface area contributed by atoms with Crippen molar-refractivity contribution in [1.29, 1.82) is 0 Å². The fourth-order valence-electron chi connectivity index (χ4n) is 1.60. The maximum Gasteiger partial charge on any atom is 0.401 e. The van der Waals surface area contributed by atoms with E-state index in [1.807, 2.05) is 0 Å². The van der Waals surface area contributed by atoms with Gasteiger partial charge in [-0.1, -0.05) is 0 Å². The number of aryl methyl sites for hydroxylation is 1. The van der Waals surface area contributed by atoms with Gasteiger partial charge in [0.2, 0.25) is 5.88 Å². The quantitative estimate of drug-likeness (QED) is 0.809. The number of nitrogens with zero attached hydrogens (tertiary/aromatic N) is 3. The van der Waals surface area contributed by atoms with Crippen LogP contribution < -0.4 is 4.74 Å². The molecule has 1 fully saturated rings. The van der Waals surface area contributed by atoms with Crippen LogP contribution in [-0.2, 0) is 0 Å². The predicted octanol–water partition coefficient (Wildman–Crippen LogP) is 1.41. The fraction of sp³-hybridized carbons (Fsp3) is 0.600. The van der Waals surface area contributed by atoms with Crippen LogP contribution in [-0.4, -0.2) is 47.0 Å². The number of aromatic nitrogens is 2. The smallest absolute Gasteiger partial charge is 0.401 e. The minimum absolute atomic E-state index is 0.227. The summed E-state index contributed by atoms with van der Waals surface area (Å²) in [5, 5.41) is 7.59. The molecule has 7 heteroatoms. The van der Waals surface area contributed by atoms with Crippen molar-refractivity contribution in [3.05, 3.63) is 17.8 Å². The molecule has 0 radical (unpaired) electrons. The highest BCUT2D eigenvalue weighted by atomic mass is 19.4. The average molecular weight is 247 g/mol. The molecule has 0 amide bonds. The summed E-state index contributed by atoms with van der Waals surface area (Å²) in [4.78, 5) is 1.28. The average Bonchev–Trinajstić information content (AvgIpc) is 2.16. The van der Waals surface area contributed by atoms with E-state index in [4.69, 9.17) is 4.74 Å². The lowest BCUT2D eigenvalue weighted by atomic mass is 10.1. The summed E-state index contributed by atoms with van der Waals surface area (Å²) in [5.74, 6) is 0.354. The van der Waals surface area contributed by atoms with E-state index in [1.165, 1.54) is 4.90 Å². The number of ether oxygens (including phenoxy) is 1. The molecule has 0 unspecified atom stereocenters. The van der Waals surface area contributed by atoms with Crippen molar-refractivity contribution in [2.75, 3.05) is 19.6 Å². The number of likely N-dealkylation sites (tertiary alicyclic amines) is 1. The molecule has 0 atom stereocenters. The Labute approximate surface area is 96.4 Å². The van der Waals surface area contributed by atoms with Crippen molar-refractivity contribution in [2.45, 2.75) is 19.2 Å². The van der Waals surface area contributed by atoms with Gasteiger partial charge in [-0.05, 0) is 13.0 Å². The molecule has 0 aromatic carbocycles. The van der Waals surface area contributed by atoms with Crippen molar-refractivity contribution >= 4 is 0 Å². The third-order valence-corrected chi connectivity index (χ3v) is 2.39. The van der Waals surface area contributed by atoms with E-state index in [9.17, 15) is 13.2 Å². The predicted molar refractivity (Wildman–Crippen MR) is 53.7 cm³/mol. The van der Waals surface area contributed by atoms with Gasteiger partial charge in [-0.25, -0.2) is 0 Å². The lowest BCUT2D eigenvalue weighted by Gasteiger charge is -2.38. The molecule has 17 heavy (non-hydrogen) atoms. The van der Waals surface area contributed by atoms with Crippen molar-refractivity contribution in [3.8, 4) is 5.88 Å². The Morgan fingerprint density at radius 1 is 1.35 bits per heavy atom. The normalized spacial score (nSPS) is 17.9. The molecule has 1 aromatic rings. The molecule has 1 saturated heterocycles. The van der Waals surface area contributed by atoms with E-state index in [1.54, 1.807) is 19.1 Å². The second kappa shape index (κ2) is 4.48. The van der Waals surface area contributed by atoms with Crippen LogP contribution >= 0.6 is 0 Å². The van der Waals surface area contributed by atoms with Crippen LogP contribution in [0, 0.1) is 6.92 Å². The SMILES string of the molecule is Cc1ccc(OC2CN(CC(F)(F)F)C2)nn1. The van der Waals surface area contributed by atoms with Crippen LogP contribution in [0.4, 0.5) is 13.2 Å². The van der Waals surface area contributed by atoms with Crippen molar-refractivity contribution < 1.29 is 17.9 Å². The number of hydrogen-bond acceptors (Lipinski definition) is 4. The van der Waals surface area contributed by atoms with E-state index < -0.39 is 12.7 Å². The summed E-state index contributed by atoms with van der Waals surface area (Å²) in [6.07, 6.45) is -4.37. The molecule has 1 aliphatic rings. The highest BCUT2D eigenvalue weighted by Gasteiger charge is 2.38. The minimum atomic E-state index is -4.14. The molecule has 1 aliphatic heterocycles. The zero-order valence-corrected chi connectivity index (χ0v) is 9.24. The van der Waals surface area contributed by atoms with Crippen LogP contribution in [0.3, 0.4) is 0 Å². The van der Waals surface area contributed by atoms with Crippen LogP contribution in [0.5, 0.6) is 5.88 Å². The van der Waals surface area contributed by atoms with Crippen molar-refractivity contribution in [1.82, 2.24) is 15.1 Å². The van der Waals surface area contributed by atoms with Crippen LogP contribution in [0.2, 0.25) is 0 Å². The second-order valence-corrected chi connectivity index (χ2v) is 4.06. The third kappa shape index (κ3) is 3.55. The maximum atomic E-state index is 12.0. The molecule has 0 spiro atoms. The number of alkyl halides is 3. The van der Waals surface area contributed by atoms with Gasteiger partial charge in [-0.2, -0.15) is 18.3 Å². The second-order valence-electron chi connectivity index (χ2n) is 4.06. The van der Waals surface area contributed by atoms with Crippen molar-refractivity contribution in [2.24, 2.45) is 0 Å². The van der Waals surface area contributed by atoms with Gasteiger partial charge in [-0.3, -0.25) is 4.90 Å². The van der Waals surface area contributed by atoms with Crippen LogP contribution in [0.1, 0.15) is 5.69 Å². The van der Waals surface area contributed by atoms with Gasteiger partial charge in [0.15, 0.2) is 0 Å². The molecule has 4 nitrogen and oxygen atoms in total. The monoisotopic (exact) mass is 247 g/mol. The lowest BCUT2D eigenvalue weighted by Crippen LogP contribution is -2.56. The summed E-state index contributed by atoms with van der Waals surface area (Å²) in [5.41, 5.74) is 0.768. The third-order valence-electron chi connectivity index (χ3n) is 2.39. The summed E-state index contributed by atoms with van der Waals surface area (Å²) in [6, 6.07) is 3.41. The Balaban J connectivity index is 1.76. The standard InChI is InChI=1S/C10H12F3N3O/c1-7-2-3-9(15-14-7)17-8-4-16(5-8)6-10(11,12)13/h2-3,8H,4-6H2,1H3. The highest BCUT2D eigenvalue weighted by Crippen LogP contribution is 2.22. The first kappa shape index (κ1) is 12.1. The molecule has 0 saturated carbocycles. The van der Waals surface area contributed by atoms with Crippen molar-refractivity contribution in [3.63, 3.8) is 0 Å². The van der Waals surface area contributed by atoms with Gasteiger partial charge in [0.25, 0.3) is 0 Å². The molecule has 0 aliphatic carbocycles. The van der Waals surface area contributed by atoms with E-state index in [2.05, 4.69) is 10.2 Å². The number of halogens is 3. The summed E-state index contributed by atoms with van der Waals surface area (Å²) in [7, 11) is 0. The van der Waals surface area contributed by atoms with Gasteiger partial charge in [-0.15, -0.1) is 5.10 Å². The molecule has 0 N–H and O–H groups in total. The Morgan fingerprint density at radius 2 is 2.06 bits per heavy atom. The minimum Gasteiger partial charge on any atom is -0.471 e. The molecule has 2 heterocycles. The summed E-state index contributed by atoms with van der Waals surface area (Å²) < 4.78 is 41.4. The molecule has 0 bridgehead atoms. The molecule has 2 rings (SSSR count). The fourth-order valence-corrected chi connectivity index (χ4v) is 1.60. The first-order chi connectivity index (χ1) is 7.92. The molecule has 1 aromatic heterocycles. The first-order valence-corrected chi connectivity index (χ1v) is 5.18. The molecular formula is C10H12F3N3O. The summed E-state index contributed by atoms with van der Waals surface area (Å²) in [6.45, 7) is 1.46. The van der Waals surface area contributed by atoms with Crippen LogP contribution in [0.25, 0.3) is 0 Å². The van der Waals surface area contributed by atoms with Gasteiger partial charge in [0, 0.05) is 19.2 Å². The molecule has 94 valence electrons. The number of rotatable bonds is 3. The van der Waals surface area contributed by atoms with E-state index in [-0.39, 0.29) is 19.2 Å². The van der Waals surface area contributed by atoms with E-state index in [0.29, 0.717) is 5.88 Å². The van der Waals surface area contributed by atoms with Crippen LogP contribution in [0.15, 0.2) is 12.1 Å². The zero-order valence-electron chi connectivity index (χ0n) is 9.24. The Hall–Kier alpha value is -1.37. The maximum absolute atomic E-state index is 12.0.